The van der Waals surface area contributed by atoms with Crippen LogP contribution in [0.15, 0.2) is 55.3 Å². The minimum absolute atomic E-state index is 0.124. The second kappa shape index (κ2) is 8.66. The zero-order valence-electron chi connectivity index (χ0n) is 12.8. The molecule has 0 fully saturated rings. The van der Waals surface area contributed by atoms with Crippen LogP contribution in [0.1, 0.15) is 16.7 Å². The van der Waals surface area contributed by atoms with Gasteiger partial charge in [-0.15, -0.1) is 11.8 Å². The van der Waals surface area contributed by atoms with Crippen LogP contribution in [0.5, 0.6) is 0 Å². The summed E-state index contributed by atoms with van der Waals surface area (Å²) in [5, 5.41) is 3.98. The van der Waals surface area contributed by atoms with Crippen molar-refractivity contribution in [1.82, 2.24) is 5.43 Å². The second-order valence-corrected chi connectivity index (χ2v) is 7.79. The first kappa shape index (κ1) is 18.2. The number of rotatable bonds is 5. The topological polar surface area (TPSA) is 41.5 Å². The number of amides is 1. The zero-order chi connectivity index (χ0) is 16.8. The maximum atomic E-state index is 11.9. The van der Waals surface area contributed by atoms with Crippen molar-refractivity contribution in [2.45, 2.75) is 18.7 Å². The van der Waals surface area contributed by atoms with Gasteiger partial charge in [0.05, 0.1) is 12.0 Å². The number of benzene rings is 2. The molecule has 23 heavy (non-hydrogen) atoms. The van der Waals surface area contributed by atoms with E-state index in [0.29, 0.717) is 5.75 Å². The lowest BCUT2D eigenvalue weighted by Gasteiger charge is -2.08. The maximum Gasteiger partial charge on any atom is 0.250 e. The molecule has 6 heteroatoms. The molecule has 1 amide bonds. The van der Waals surface area contributed by atoms with E-state index in [1.165, 1.54) is 11.8 Å². The van der Waals surface area contributed by atoms with E-state index in [2.05, 4.69) is 54.5 Å². The van der Waals surface area contributed by atoms with Crippen molar-refractivity contribution in [3.05, 3.63) is 62.0 Å². The Kier molecular flexibility index (Phi) is 6.87. The third-order valence-electron chi connectivity index (χ3n) is 3.07. The van der Waals surface area contributed by atoms with Crippen LogP contribution < -0.4 is 5.43 Å². The molecule has 2 aromatic carbocycles. The standard InChI is InChI=1S/C17H16Br2N2OS/c1-11-7-16(12(2)6-15(11)19)23-10-17(22)21-20-9-13-4-3-5-14(18)8-13/h3-9H,10H2,1-2H3,(H,21,22). The number of nitrogens with one attached hydrogen (secondary N) is 1. The molecule has 0 saturated heterocycles. The van der Waals surface area contributed by atoms with Crippen molar-refractivity contribution in [3.8, 4) is 0 Å². The lowest BCUT2D eigenvalue weighted by molar-refractivity contribution is -0.118. The molecule has 2 rings (SSSR count). The summed E-state index contributed by atoms with van der Waals surface area (Å²) in [5.41, 5.74) is 5.78. The molecular formula is C17H16Br2N2OS. The third kappa shape index (κ3) is 5.79. The summed E-state index contributed by atoms with van der Waals surface area (Å²) < 4.78 is 2.06. The van der Waals surface area contributed by atoms with Crippen molar-refractivity contribution in [1.29, 1.82) is 0 Å². The number of carbonyl (C=O) groups excluding carboxylic acids is 1. The highest BCUT2D eigenvalue weighted by atomic mass is 79.9. The van der Waals surface area contributed by atoms with E-state index in [4.69, 9.17) is 0 Å². The molecule has 3 nitrogen and oxygen atoms in total. The lowest BCUT2D eigenvalue weighted by Crippen LogP contribution is -2.19. The van der Waals surface area contributed by atoms with Gasteiger partial charge in [0, 0.05) is 13.8 Å². The first-order chi connectivity index (χ1) is 11.0. The van der Waals surface area contributed by atoms with Crippen LogP contribution in [0.25, 0.3) is 0 Å². The number of aryl methyl sites for hydroxylation is 2. The average molecular weight is 456 g/mol. The van der Waals surface area contributed by atoms with E-state index < -0.39 is 0 Å². The summed E-state index contributed by atoms with van der Waals surface area (Å²) in [4.78, 5) is 13.0. The SMILES string of the molecule is Cc1cc(SCC(=O)NN=Cc2cccc(Br)c2)c(C)cc1Br. The Bertz CT molecular complexity index is 747. The molecule has 0 saturated carbocycles. The van der Waals surface area contributed by atoms with Crippen LogP contribution >= 0.6 is 43.6 Å². The molecule has 0 spiro atoms. The molecule has 0 atom stereocenters. The minimum atomic E-state index is -0.124. The molecule has 0 aliphatic rings. The maximum absolute atomic E-state index is 11.9. The van der Waals surface area contributed by atoms with Gasteiger partial charge in [0.15, 0.2) is 0 Å². The Morgan fingerprint density at radius 3 is 2.74 bits per heavy atom. The van der Waals surface area contributed by atoms with Crippen molar-refractivity contribution in [2.75, 3.05) is 5.75 Å². The van der Waals surface area contributed by atoms with E-state index in [-0.39, 0.29) is 5.91 Å². The fourth-order valence-corrected chi connectivity index (χ4v) is 3.62. The van der Waals surface area contributed by atoms with Crippen LogP contribution in [0.4, 0.5) is 0 Å². The Labute approximate surface area is 157 Å². The summed E-state index contributed by atoms with van der Waals surface area (Å²) >= 11 is 8.42. The van der Waals surface area contributed by atoms with Gasteiger partial charge in [0.25, 0.3) is 0 Å². The first-order valence-corrected chi connectivity index (χ1v) is 9.50. The highest BCUT2D eigenvalue weighted by molar-refractivity contribution is 9.10. The molecular weight excluding hydrogens is 440 g/mol. The van der Waals surface area contributed by atoms with Crippen molar-refractivity contribution < 1.29 is 4.79 Å². The van der Waals surface area contributed by atoms with Gasteiger partial charge in [-0.05, 0) is 54.8 Å². The molecule has 0 aromatic heterocycles. The van der Waals surface area contributed by atoms with Crippen LogP contribution in [0.3, 0.4) is 0 Å². The Morgan fingerprint density at radius 1 is 1.22 bits per heavy atom. The highest BCUT2D eigenvalue weighted by Crippen LogP contribution is 2.28. The minimum Gasteiger partial charge on any atom is -0.272 e. The summed E-state index contributed by atoms with van der Waals surface area (Å²) in [6.07, 6.45) is 1.63. The fraction of sp³-hybridized carbons (Fsp3) is 0.176. The Hall–Kier alpha value is -1.11. The van der Waals surface area contributed by atoms with Crippen LogP contribution in [0.2, 0.25) is 0 Å². The number of hydrogen-bond donors (Lipinski definition) is 1. The van der Waals surface area contributed by atoms with Crippen LogP contribution in [0, 0.1) is 13.8 Å². The number of halogens is 2. The number of thioether (sulfide) groups is 1. The molecule has 120 valence electrons. The van der Waals surface area contributed by atoms with E-state index in [0.717, 1.165) is 30.5 Å². The molecule has 0 bridgehead atoms. The van der Waals surface area contributed by atoms with Gasteiger partial charge >= 0.3 is 0 Å². The Balaban J connectivity index is 1.87. The second-order valence-electron chi connectivity index (χ2n) is 5.00. The number of carbonyl (C=O) groups is 1. The van der Waals surface area contributed by atoms with E-state index in [1.54, 1.807) is 6.21 Å². The monoisotopic (exact) mass is 454 g/mol. The predicted octanol–water partition coefficient (Wildman–Crippen LogP) is 5.07. The van der Waals surface area contributed by atoms with Gasteiger partial charge in [-0.3, -0.25) is 4.79 Å². The summed E-state index contributed by atoms with van der Waals surface area (Å²) in [6.45, 7) is 4.08. The molecule has 0 unspecified atom stereocenters. The molecule has 1 N–H and O–H groups in total. The van der Waals surface area contributed by atoms with Crippen molar-refractivity contribution in [2.24, 2.45) is 5.10 Å². The van der Waals surface area contributed by atoms with Gasteiger partial charge < -0.3 is 0 Å². The summed E-state index contributed by atoms with van der Waals surface area (Å²) in [6, 6.07) is 11.9. The summed E-state index contributed by atoms with van der Waals surface area (Å²) in [5.74, 6) is 0.207. The lowest BCUT2D eigenvalue weighted by atomic mass is 10.2. The van der Waals surface area contributed by atoms with E-state index in [9.17, 15) is 4.79 Å². The normalized spacial score (nSPS) is 11.0. The fourth-order valence-electron chi connectivity index (χ4n) is 1.85. The van der Waals surface area contributed by atoms with Gasteiger partial charge in [-0.1, -0.05) is 44.0 Å². The van der Waals surface area contributed by atoms with E-state index >= 15 is 0 Å². The molecule has 0 aliphatic carbocycles. The van der Waals surface area contributed by atoms with Crippen LogP contribution in [-0.2, 0) is 4.79 Å². The molecule has 0 heterocycles. The van der Waals surface area contributed by atoms with E-state index in [1.807, 2.05) is 38.1 Å². The Morgan fingerprint density at radius 2 is 2.00 bits per heavy atom. The summed E-state index contributed by atoms with van der Waals surface area (Å²) in [7, 11) is 0. The first-order valence-electron chi connectivity index (χ1n) is 6.92. The number of hydrazone groups is 1. The average Bonchev–Trinajstić information content (AvgIpc) is 2.50. The smallest absolute Gasteiger partial charge is 0.250 e. The molecule has 2 aromatic rings. The molecule has 0 aliphatic heterocycles. The predicted molar refractivity (Wildman–Crippen MR) is 104 cm³/mol. The number of hydrogen-bond acceptors (Lipinski definition) is 3. The largest absolute Gasteiger partial charge is 0.272 e. The zero-order valence-corrected chi connectivity index (χ0v) is 16.8. The molecule has 0 radical (unpaired) electrons. The quantitative estimate of drug-likeness (QED) is 0.388. The van der Waals surface area contributed by atoms with Gasteiger partial charge in [0.2, 0.25) is 5.91 Å². The third-order valence-corrected chi connectivity index (χ3v) is 5.57. The highest BCUT2D eigenvalue weighted by Gasteiger charge is 2.06. The van der Waals surface area contributed by atoms with Gasteiger partial charge in [0.1, 0.15) is 0 Å². The van der Waals surface area contributed by atoms with Crippen molar-refractivity contribution >= 4 is 55.7 Å². The van der Waals surface area contributed by atoms with Crippen LogP contribution in [-0.4, -0.2) is 17.9 Å². The number of nitrogens with zero attached hydrogens (tertiary/aromatic N) is 1. The van der Waals surface area contributed by atoms with Crippen molar-refractivity contribution in [3.63, 3.8) is 0 Å². The van der Waals surface area contributed by atoms with Gasteiger partial charge in [-0.2, -0.15) is 5.10 Å². The van der Waals surface area contributed by atoms with Gasteiger partial charge in [-0.25, -0.2) is 5.43 Å².